The van der Waals surface area contributed by atoms with Crippen LogP contribution in [0, 0.1) is 5.92 Å². The average molecular weight is 294 g/mol. The lowest BCUT2D eigenvalue weighted by atomic mass is 10.3. The van der Waals surface area contributed by atoms with Crippen LogP contribution in [0.25, 0.3) is 4.96 Å². The number of nitrogens with zero attached hydrogens (tertiary/aromatic N) is 3. The van der Waals surface area contributed by atoms with Gasteiger partial charge in [-0.15, -0.1) is 5.10 Å². The van der Waals surface area contributed by atoms with Crippen molar-refractivity contribution < 1.29 is 4.74 Å². The summed E-state index contributed by atoms with van der Waals surface area (Å²) >= 11 is 1.39. The standard InChI is InChI=1S/C13H18N4O2S/c1-2-10-7-11(18)17-13(15-10)20-12(16-17)14-5-6-19-8-9-3-4-9/h7,9H,2-6,8H2,1H3,(H,14,16). The number of aryl methyl sites for hydroxylation is 1. The van der Waals surface area contributed by atoms with Gasteiger partial charge in [-0.25, -0.2) is 4.98 Å². The van der Waals surface area contributed by atoms with Crippen LogP contribution in [0.15, 0.2) is 10.9 Å². The number of ether oxygens (including phenoxy) is 1. The van der Waals surface area contributed by atoms with Crippen molar-refractivity contribution in [2.75, 3.05) is 25.1 Å². The molecule has 0 bridgehead atoms. The molecule has 0 radical (unpaired) electrons. The van der Waals surface area contributed by atoms with Crippen LogP contribution in [-0.2, 0) is 11.2 Å². The second-order valence-corrected chi connectivity index (χ2v) is 5.94. The lowest BCUT2D eigenvalue weighted by molar-refractivity contribution is 0.134. The molecular formula is C13H18N4O2S. The lowest BCUT2D eigenvalue weighted by Crippen LogP contribution is -2.16. The molecule has 0 atom stereocenters. The summed E-state index contributed by atoms with van der Waals surface area (Å²) < 4.78 is 6.89. The molecule has 0 aliphatic heterocycles. The summed E-state index contributed by atoms with van der Waals surface area (Å²) in [5.74, 6) is 0.785. The zero-order chi connectivity index (χ0) is 13.9. The van der Waals surface area contributed by atoms with E-state index in [4.69, 9.17) is 4.74 Å². The van der Waals surface area contributed by atoms with E-state index in [9.17, 15) is 4.79 Å². The van der Waals surface area contributed by atoms with Crippen molar-refractivity contribution >= 4 is 21.4 Å². The van der Waals surface area contributed by atoms with Crippen LogP contribution in [0.2, 0.25) is 0 Å². The molecule has 1 fully saturated rings. The van der Waals surface area contributed by atoms with E-state index in [1.165, 1.54) is 34.8 Å². The monoisotopic (exact) mass is 294 g/mol. The minimum Gasteiger partial charge on any atom is -0.379 e. The van der Waals surface area contributed by atoms with Crippen molar-refractivity contribution in [3.63, 3.8) is 0 Å². The van der Waals surface area contributed by atoms with Gasteiger partial charge in [0, 0.05) is 24.9 Å². The Morgan fingerprint density at radius 3 is 3.15 bits per heavy atom. The first-order valence-corrected chi connectivity index (χ1v) is 7.79. The molecule has 7 heteroatoms. The van der Waals surface area contributed by atoms with Gasteiger partial charge in [0.1, 0.15) is 0 Å². The molecule has 3 rings (SSSR count). The fourth-order valence-electron chi connectivity index (χ4n) is 1.87. The van der Waals surface area contributed by atoms with E-state index in [1.54, 1.807) is 0 Å². The highest BCUT2D eigenvalue weighted by atomic mass is 32.1. The summed E-state index contributed by atoms with van der Waals surface area (Å²) in [6, 6.07) is 1.54. The minimum absolute atomic E-state index is 0.124. The van der Waals surface area contributed by atoms with Crippen LogP contribution in [0.1, 0.15) is 25.5 Å². The molecule has 0 aromatic carbocycles. The van der Waals surface area contributed by atoms with Gasteiger partial charge in [0.15, 0.2) is 0 Å². The van der Waals surface area contributed by atoms with Crippen LogP contribution in [0.5, 0.6) is 0 Å². The molecule has 0 spiro atoms. The molecule has 6 nitrogen and oxygen atoms in total. The number of anilines is 1. The number of fused-ring (bicyclic) bond motifs is 1. The van der Waals surface area contributed by atoms with Crippen LogP contribution in [-0.4, -0.2) is 34.4 Å². The Morgan fingerprint density at radius 1 is 1.55 bits per heavy atom. The smallest absolute Gasteiger partial charge is 0.275 e. The zero-order valence-electron chi connectivity index (χ0n) is 11.5. The van der Waals surface area contributed by atoms with Crippen LogP contribution >= 0.6 is 11.3 Å². The average Bonchev–Trinajstić information content (AvgIpc) is 3.17. The van der Waals surface area contributed by atoms with Crippen molar-refractivity contribution in [1.29, 1.82) is 0 Å². The Hall–Kier alpha value is -1.47. The first kappa shape index (κ1) is 13.5. The van der Waals surface area contributed by atoms with Crippen LogP contribution in [0.4, 0.5) is 5.13 Å². The van der Waals surface area contributed by atoms with Gasteiger partial charge in [-0.1, -0.05) is 18.3 Å². The Morgan fingerprint density at radius 2 is 2.40 bits per heavy atom. The molecule has 20 heavy (non-hydrogen) atoms. The first-order valence-electron chi connectivity index (χ1n) is 6.97. The van der Waals surface area contributed by atoms with Gasteiger partial charge in [-0.05, 0) is 25.2 Å². The molecular weight excluding hydrogens is 276 g/mol. The minimum atomic E-state index is -0.124. The number of hydrogen-bond acceptors (Lipinski definition) is 6. The summed E-state index contributed by atoms with van der Waals surface area (Å²) in [6.07, 6.45) is 3.36. The van der Waals surface area contributed by atoms with Gasteiger partial charge < -0.3 is 10.1 Å². The maximum absolute atomic E-state index is 11.8. The normalized spacial score (nSPS) is 14.8. The molecule has 2 aromatic rings. The van der Waals surface area contributed by atoms with Crippen molar-refractivity contribution in [3.8, 4) is 0 Å². The SMILES string of the molecule is CCc1cc(=O)n2nc(NCCOCC3CC3)sc2n1. The van der Waals surface area contributed by atoms with E-state index in [-0.39, 0.29) is 5.56 Å². The fraction of sp³-hybridized carbons (Fsp3) is 0.615. The van der Waals surface area contributed by atoms with Crippen molar-refractivity contribution in [1.82, 2.24) is 14.6 Å². The van der Waals surface area contributed by atoms with Crippen molar-refractivity contribution in [3.05, 3.63) is 22.1 Å². The molecule has 0 amide bonds. The molecule has 0 unspecified atom stereocenters. The summed E-state index contributed by atoms with van der Waals surface area (Å²) in [4.78, 5) is 16.9. The Kier molecular flexibility index (Phi) is 3.98. The summed E-state index contributed by atoms with van der Waals surface area (Å²) in [6.45, 7) is 4.20. The molecule has 1 N–H and O–H groups in total. The molecule has 1 aliphatic rings. The number of rotatable bonds is 7. The molecule has 2 heterocycles. The quantitative estimate of drug-likeness (QED) is 0.785. The summed E-state index contributed by atoms with van der Waals surface area (Å²) in [5, 5.41) is 8.11. The zero-order valence-corrected chi connectivity index (χ0v) is 12.3. The highest BCUT2D eigenvalue weighted by Crippen LogP contribution is 2.28. The van der Waals surface area contributed by atoms with E-state index in [0.29, 0.717) is 23.2 Å². The van der Waals surface area contributed by atoms with E-state index >= 15 is 0 Å². The summed E-state index contributed by atoms with van der Waals surface area (Å²) in [5.41, 5.74) is 0.680. The highest BCUT2D eigenvalue weighted by molar-refractivity contribution is 7.20. The second-order valence-electron chi connectivity index (χ2n) is 4.99. The molecule has 108 valence electrons. The first-order chi connectivity index (χ1) is 9.76. The number of nitrogens with one attached hydrogen (secondary N) is 1. The topological polar surface area (TPSA) is 68.5 Å². The predicted molar refractivity (Wildman–Crippen MR) is 78.5 cm³/mol. The largest absolute Gasteiger partial charge is 0.379 e. The number of aromatic nitrogens is 3. The third-order valence-electron chi connectivity index (χ3n) is 3.23. The molecule has 0 saturated heterocycles. The highest BCUT2D eigenvalue weighted by Gasteiger charge is 2.20. The van der Waals surface area contributed by atoms with E-state index in [2.05, 4.69) is 15.4 Å². The van der Waals surface area contributed by atoms with Gasteiger partial charge in [-0.2, -0.15) is 4.52 Å². The van der Waals surface area contributed by atoms with E-state index in [1.807, 2.05) is 6.92 Å². The number of hydrogen-bond donors (Lipinski definition) is 1. The fourth-order valence-corrected chi connectivity index (χ4v) is 2.72. The van der Waals surface area contributed by atoms with Crippen LogP contribution < -0.4 is 10.9 Å². The molecule has 1 saturated carbocycles. The van der Waals surface area contributed by atoms with E-state index in [0.717, 1.165) is 24.6 Å². The Labute approximate surface area is 120 Å². The van der Waals surface area contributed by atoms with Gasteiger partial charge >= 0.3 is 0 Å². The van der Waals surface area contributed by atoms with Crippen molar-refractivity contribution in [2.45, 2.75) is 26.2 Å². The lowest BCUT2D eigenvalue weighted by Gasteiger charge is -2.03. The summed E-state index contributed by atoms with van der Waals surface area (Å²) in [7, 11) is 0. The predicted octanol–water partition coefficient (Wildman–Crippen LogP) is 1.55. The van der Waals surface area contributed by atoms with E-state index < -0.39 is 0 Å². The van der Waals surface area contributed by atoms with Crippen LogP contribution in [0.3, 0.4) is 0 Å². The van der Waals surface area contributed by atoms with Gasteiger partial charge in [0.2, 0.25) is 10.1 Å². The Bertz CT molecular complexity index is 647. The third kappa shape index (κ3) is 3.16. The van der Waals surface area contributed by atoms with Gasteiger partial charge in [-0.3, -0.25) is 4.79 Å². The Balaban J connectivity index is 1.60. The maximum Gasteiger partial charge on any atom is 0.275 e. The van der Waals surface area contributed by atoms with Gasteiger partial charge in [0.05, 0.1) is 6.61 Å². The molecule has 1 aliphatic carbocycles. The maximum atomic E-state index is 11.8. The second kappa shape index (κ2) is 5.88. The van der Waals surface area contributed by atoms with Gasteiger partial charge in [0.25, 0.3) is 5.56 Å². The van der Waals surface area contributed by atoms with Crippen molar-refractivity contribution in [2.24, 2.45) is 5.92 Å². The molecule has 2 aromatic heterocycles. The third-order valence-corrected chi connectivity index (χ3v) is 4.10.